The second-order valence-electron chi connectivity index (χ2n) is 20.2. The molecule has 0 spiro atoms. The van der Waals surface area contributed by atoms with Crippen molar-refractivity contribution in [3.63, 3.8) is 0 Å². The predicted octanol–water partition coefficient (Wildman–Crippen LogP) is 8.77. The van der Waals surface area contributed by atoms with Crippen LogP contribution in [0.1, 0.15) is 112 Å². The Morgan fingerprint density at radius 1 is 0.917 bits per heavy atom. The Balaban J connectivity index is 0.710. The lowest BCUT2D eigenvalue weighted by Crippen LogP contribution is -2.51. The number of ether oxygens (including phenoxy) is 3. The SMILES string of the molecule is CCc1c2c(nc3ccc(OC(=O)N4CCN(C(=O)CCCCCOc5cc(F)c([C@@H]6c7[nH]c8ccccc8c7C[C@@H](C)N6CC(C)(C)F)c(F)c5)CC4)cc13)-c1cc3c(c(=O)n1C2)COC(=O)[C@]3(O)CC. The van der Waals surface area contributed by atoms with E-state index in [1.165, 1.54) is 26.0 Å². The molecule has 1 fully saturated rings. The van der Waals surface area contributed by atoms with Crippen LogP contribution in [0.3, 0.4) is 0 Å². The maximum atomic E-state index is 16.1. The average Bonchev–Trinajstić information content (AvgIpc) is 3.91. The highest BCUT2D eigenvalue weighted by atomic mass is 19.1. The van der Waals surface area contributed by atoms with Crippen LogP contribution in [0, 0.1) is 11.6 Å². The van der Waals surface area contributed by atoms with Crippen LogP contribution in [0.4, 0.5) is 18.0 Å². The number of nitrogens with one attached hydrogen (secondary N) is 1. The van der Waals surface area contributed by atoms with Crippen molar-refractivity contribution in [1.82, 2.24) is 29.2 Å². The van der Waals surface area contributed by atoms with Gasteiger partial charge in [0.2, 0.25) is 5.91 Å². The molecule has 378 valence electrons. The van der Waals surface area contributed by atoms with Crippen LogP contribution in [0.5, 0.6) is 11.5 Å². The number of carbonyl (C=O) groups excluding carboxylic acids is 3. The van der Waals surface area contributed by atoms with Crippen LogP contribution in [0.25, 0.3) is 33.2 Å². The quantitative estimate of drug-likeness (QED) is 0.0845. The summed E-state index contributed by atoms with van der Waals surface area (Å²) in [6.07, 6.45) is 2.80. The van der Waals surface area contributed by atoms with Crippen molar-refractivity contribution in [2.75, 3.05) is 39.3 Å². The minimum absolute atomic E-state index is 0.0171. The number of aliphatic hydroxyl groups is 1. The van der Waals surface area contributed by atoms with E-state index in [1.54, 1.807) is 45.6 Å². The lowest BCUT2D eigenvalue weighted by molar-refractivity contribution is -0.172. The highest BCUT2D eigenvalue weighted by molar-refractivity contribution is 5.91. The summed E-state index contributed by atoms with van der Waals surface area (Å²) in [5.41, 5.74) is 2.49. The lowest BCUT2D eigenvalue weighted by Gasteiger charge is -2.43. The van der Waals surface area contributed by atoms with Crippen LogP contribution < -0.4 is 15.0 Å². The first-order valence-electron chi connectivity index (χ1n) is 25.0. The van der Waals surface area contributed by atoms with Crippen molar-refractivity contribution >= 4 is 39.8 Å². The van der Waals surface area contributed by atoms with Gasteiger partial charge in [-0.05, 0) is 101 Å². The molecule has 4 aliphatic rings. The van der Waals surface area contributed by atoms with Gasteiger partial charge in [0.25, 0.3) is 5.56 Å². The number of benzene rings is 3. The van der Waals surface area contributed by atoms with Gasteiger partial charge in [0.05, 0.1) is 41.7 Å². The third-order valence-electron chi connectivity index (χ3n) is 14.9. The molecule has 0 bridgehead atoms. The summed E-state index contributed by atoms with van der Waals surface area (Å²) >= 11 is 0. The maximum absolute atomic E-state index is 16.1. The lowest BCUT2D eigenvalue weighted by atomic mass is 9.86. The molecule has 3 aromatic carbocycles. The van der Waals surface area contributed by atoms with Crippen LogP contribution in [-0.2, 0) is 45.9 Å². The third-order valence-corrected chi connectivity index (χ3v) is 14.9. The topological polar surface area (TPSA) is 160 Å². The molecule has 14 nitrogen and oxygen atoms in total. The number of hydrogen-bond acceptors (Lipinski definition) is 10. The summed E-state index contributed by atoms with van der Waals surface area (Å²) in [6, 6.07) is 16.0. The average molecular weight is 989 g/mol. The van der Waals surface area contributed by atoms with E-state index in [9.17, 15) is 24.3 Å². The Hall–Kier alpha value is -6.72. The normalized spacial score (nSPS) is 19.8. The summed E-state index contributed by atoms with van der Waals surface area (Å²) in [4.78, 5) is 66.4. The monoisotopic (exact) mass is 988 g/mol. The van der Waals surface area contributed by atoms with Gasteiger partial charge in [-0.3, -0.25) is 14.5 Å². The Morgan fingerprint density at radius 2 is 1.65 bits per heavy atom. The Morgan fingerprint density at radius 3 is 2.38 bits per heavy atom. The molecule has 1 saturated heterocycles. The van der Waals surface area contributed by atoms with E-state index in [4.69, 9.17) is 19.2 Å². The van der Waals surface area contributed by atoms with Crippen molar-refractivity contribution < 1.29 is 46.9 Å². The van der Waals surface area contributed by atoms with Crippen molar-refractivity contribution in [3.05, 3.63) is 122 Å². The number of piperazine rings is 1. The number of amides is 2. The zero-order valence-corrected chi connectivity index (χ0v) is 41.2. The summed E-state index contributed by atoms with van der Waals surface area (Å²) in [6.45, 7) is 10.1. The molecule has 3 aromatic heterocycles. The summed E-state index contributed by atoms with van der Waals surface area (Å²) in [7, 11) is 0. The Kier molecular flexibility index (Phi) is 12.9. The molecule has 0 unspecified atom stereocenters. The van der Waals surface area contributed by atoms with Gasteiger partial charge in [-0.25, -0.2) is 27.7 Å². The number of aryl methyl sites for hydroxylation is 1. The summed E-state index contributed by atoms with van der Waals surface area (Å²) in [5.74, 6) is -1.97. The smallest absolute Gasteiger partial charge is 0.415 e. The zero-order valence-electron chi connectivity index (χ0n) is 41.2. The molecule has 2 N–H and O–H groups in total. The van der Waals surface area contributed by atoms with Crippen molar-refractivity contribution in [1.29, 1.82) is 0 Å². The summed E-state index contributed by atoms with van der Waals surface area (Å²) in [5, 5.41) is 13.0. The number of hydrogen-bond donors (Lipinski definition) is 2. The number of alkyl halides is 1. The first kappa shape index (κ1) is 48.9. The third kappa shape index (κ3) is 8.77. The van der Waals surface area contributed by atoms with E-state index in [0.717, 1.165) is 33.0 Å². The van der Waals surface area contributed by atoms with E-state index >= 15 is 13.2 Å². The van der Waals surface area contributed by atoms with Crippen LogP contribution in [0.2, 0.25) is 0 Å². The molecular formula is C55H59F3N6O8. The van der Waals surface area contributed by atoms with Crippen molar-refractivity contribution in [2.24, 2.45) is 0 Å². The zero-order chi connectivity index (χ0) is 50.8. The number of para-hydroxylation sites is 1. The molecule has 6 aromatic rings. The largest absolute Gasteiger partial charge is 0.493 e. The number of halogens is 3. The van der Waals surface area contributed by atoms with Gasteiger partial charge in [-0.15, -0.1) is 0 Å². The highest BCUT2D eigenvalue weighted by Crippen LogP contribution is 2.45. The molecular weight excluding hydrogens is 930 g/mol. The van der Waals surface area contributed by atoms with E-state index in [2.05, 4.69) is 4.98 Å². The van der Waals surface area contributed by atoms with Gasteiger partial charge >= 0.3 is 12.1 Å². The minimum Gasteiger partial charge on any atom is -0.493 e. The number of pyridine rings is 2. The van der Waals surface area contributed by atoms with Gasteiger partial charge in [0.1, 0.15) is 35.4 Å². The number of aromatic nitrogens is 3. The predicted molar refractivity (Wildman–Crippen MR) is 264 cm³/mol. The van der Waals surface area contributed by atoms with E-state index in [-0.39, 0.29) is 72.7 Å². The van der Waals surface area contributed by atoms with Crippen LogP contribution in [-0.4, -0.2) is 103 Å². The second kappa shape index (κ2) is 19.0. The van der Waals surface area contributed by atoms with Crippen molar-refractivity contribution in [2.45, 2.75) is 116 Å². The van der Waals surface area contributed by atoms with E-state index < -0.39 is 41.0 Å². The molecule has 10 rings (SSSR count). The molecule has 2 amide bonds. The van der Waals surface area contributed by atoms with E-state index in [0.29, 0.717) is 93.1 Å². The standard InChI is InChI=1S/C55H59F3N6O8/c1-6-34-36-24-32(16-17-44(36)59-48-38(34)28-63-45(48)27-40-39(51(63)66)29-71-52(67)55(40,69)7-2)72-53(68)62-20-18-61(19-21-62)46(65)15-9-8-12-22-70-33-25-41(56)47(42(57)26-33)50-49-37(35-13-10-11-14-43(35)60-49)23-31(3)64(50)30-54(4,5)58/h10-11,13-14,16-17,24-27,31,50,60,69H,6-9,12,15,18-23,28-30H2,1-5H3/t31-,50-,55+/m1/s1. The van der Waals surface area contributed by atoms with Gasteiger partial charge < -0.3 is 38.7 Å². The molecule has 17 heteroatoms. The number of carbonyl (C=O) groups is 3. The Labute approximate surface area is 414 Å². The maximum Gasteiger partial charge on any atom is 0.415 e. The fourth-order valence-corrected chi connectivity index (χ4v) is 11.2. The van der Waals surface area contributed by atoms with E-state index in [1.807, 2.05) is 43.0 Å². The van der Waals surface area contributed by atoms with Gasteiger partial charge in [0.15, 0.2) is 5.60 Å². The van der Waals surface area contributed by atoms with Gasteiger partial charge in [-0.2, -0.15) is 0 Å². The fraction of sp³-hybridized carbons (Fsp3) is 0.436. The number of cyclic esters (lactones) is 1. The number of rotatable bonds is 13. The highest BCUT2D eigenvalue weighted by Gasteiger charge is 2.46. The molecule has 72 heavy (non-hydrogen) atoms. The molecule has 0 radical (unpaired) electrons. The number of fused-ring (bicyclic) bond motifs is 8. The first-order chi connectivity index (χ1) is 34.5. The van der Waals surface area contributed by atoms with Gasteiger partial charge in [-0.1, -0.05) is 32.0 Å². The number of aromatic amines is 1. The van der Waals surface area contributed by atoms with Gasteiger partial charge in [0, 0.05) is 96.0 Å². The number of esters is 1. The number of H-pyrrole nitrogens is 1. The minimum atomic E-state index is -1.93. The molecule has 0 saturated carbocycles. The number of nitrogens with zero attached hydrogens (tertiary/aromatic N) is 5. The molecule has 7 heterocycles. The summed E-state index contributed by atoms with van der Waals surface area (Å²) < 4.78 is 65.9. The molecule has 0 aliphatic carbocycles. The van der Waals surface area contributed by atoms with Crippen LogP contribution >= 0.6 is 0 Å². The molecule has 4 aliphatic heterocycles. The van der Waals surface area contributed by atoms with Crippen LogP contribution in [0.15, 0.2) is 65.5 Å². The number of unbranched alkanes of at least 4 members (excludes halogenated alkanes) is 2. The molecule has 3 atom stereocenters. The Bertz CT molecular complexity index is 3190. The second-order valence-corrected chi connectivity index (χ2v) is 20.2. The fourth-order valence-electron chi connectivity index (χ4n) is 11.2. The van der Waals surface area contributed by atoms with Crippen molar-refractivity contribution in [3.8, 4) is 22.9 Å². The first-order valence-corrected chi connectivity index (χ1v) is 25.0.